The first kappa shape index (κ1) is 35.8. The second kappa shape index (κ2) is 15.2. The van der Waals surface area contributed by atoms with E-state index in [1.807, 2.05) is 24.3 Å². The zero-order chi connectivity index (χ0) is 33.6. The summed E-state index contributed by atoms with van der Waals surface area (Å²) >= 11 is 0. The van der Waals surface area contributed by atoms with Crippen LogP contribution in [0.5, 0.6) is 0 Å². The maximum Gasteiger partial charge on any atom is 0.508 e. The molecule has 1 aromatic rings. The highest BCUT2D eigenvalue weighted by Crippen LogP contribution is 2.60. The summed E-state index contributed by atoms with van der Waals surface area (Å²) < 4.78 is 48.5. The van der Waals surface area contributed by atoms with Crippen molar-refractivity contribution in [3.8, 4) is 0 Å². The summed E-state index contributed by atoms with van der Waals surface area (Å²) in [6, 6.07) is 8.95. The van der Waals surface area contributed by atoms with Crippen molar-refractivity contribution in [3.63, 3.8) is 0 Å². The Hall–Kier alpha value is -3.07. The van der Waals surface area contributed by atoms with Crippen LogP contribution in [0.2, 0.25) is 0 Å². The topological polar surface area (TPSA) is 105 Å². The van der Waals surface area contributed by atoms with Crippen molar-refractivity contribution in [3.05, 3.63) is 65.8 Å². The Bertz CT molecular complexity index is 1410. The number of benzene rings is 1. The van der Waals surface area contributed by atoms with E-state index in [2.05, 4.69) is 40.3 Å². The van der Waals surface area contributed by atoms with Crippen molar-refractivity contribution in [2.24, 2.45) is 29.1 Å². The van der Waals surface area contributed by atoms with E-state index in [1.54, 1.807) is 12.1 Å². The molecule has 4 rings (SSSR count). The monoisotopic (exact) mass is 656 g/mol. The molecule has 0 saturated heterocycles. The molecule has 0 aliphatic heterocycles. The molecule has 0 radical (unpaired) electrons. The normalized spacial score (nSPS) is 29.7. The molecule has 3 aliphatic rings. The molecule has 0 N–H and O–H groups in total. The first-order chi connectivity index (χ1) is 21.8. The van der Waals surface area contributed by atoms with Crippen LogP contribution in [0.15, 0.2) is 70.7 Å². The van der Waals surface area contributed by atoms with E-state index in [9.17, 15) is 18.0 Å². The van der Waals surface area contributed by atoms with E-state index in [4.69, 9.17) is 18.9 Å². The summed E-state index contributed by atoms with van der Waals surface area (Å²) in [6.07, 6.45) is 8.69. The van der Waals surface area contributed by atoms with Crippen LogP contribution >= 0.6 is 0 Å². The molecule has 3 aliphatic carbocycles. The third-order valence-electron chi connectivity index (χ3n) is 10.8. The quantitative estimate of drug-likeness (QED) is 0.231. The maximum absolute atomic E-state index is 14.1. The average Bonchev–Trinajstić information content (AvgIpc) is 3.39. The van der Waals surface area contributed by atoms with Gasteiger partial charge in [0.15, 0.2) is 9.84 Å². The Morgan fingerprint density at radius 2 is 1.67 bits per heavy atom. The van der Waals surface area contributed by atoms with Crippen LogP contribution in [-0.4, -0.2) is 52.4 Å². The second-order valence-corrected chi connectivity index (χ2v) is 16.1. The van der Waals surface area contributed by atoms with E-state index in [1.165, 1.54) is 19.8 Å². The highest BCUT2D eigenvalue weighted by molar-refractivity contribution is 7.92. The number of carbonyl (C=O) groups is 2. The molecular formula is C37H52O8S. The summed E-state index contributed by atoms with van der Waals surface area (Å²) in [5, 5.41) is -0.432. The number of rotatable bonds is 10. The third-order valence-corrected chi connectivity index (χ3v) is 13.2. The first-order valence-corrected chi connectivity index (χ1v) is 18.2. The van der Waals surface area contributed by atoms with Crippen LogP contribution in [0.1, 0.15) is 85.5 Å². The number of hydrogen-bond acceptors (Lipinski definition) is 8. The largest absolute Gasteiger partial charge is 0.508 e. The molecule has 1 aromatic carbocycles. The summed E-state index contributed by atoms with van der Waals surface area (Å²) in [5.41, 5.74) is 2.85. The molecular weight excluding hydrogens is 604 g/mol. The number of methoxy groups -OCH3 is 2. The molecule has 46 heavy (non-hydrogen) atoms. The van der Waals surface area contributed by atoms with Crippen molar-refractivity contribution in [2.45, 2.75) is 108 Å². The van der Waals surface area contributed by atoms with Crippen LogP contribution in [0.4, 0.5) is 9.59 Å². The highest BCUT2D eigenvalue weighted by atomic mass is 32.2. The highest BCUT2D eigenvalue weighted by Gasteiger charge is 2.53. The molecule has 7 atom stereocenters. The molecule has 1 unspecified atom stereocenters. The summed E-state index contributed by atoms with van der Waals surface area (Å²) in [6.45, 7) is 13.1. The van der Waals surface area contributed by atoms with Crippen LogP contribution in [-0.2, 0) is 28.8 Å². The van der Waals surface area contributed by atoms with Crippen LogP contribution in [0.3, 0.4) is 0 Å². The average molecular weight is 657 g/mol. The van der Waals surface area contributed by atoms with E-state index in [0.717, 1.165) is 44.1 Å². The van der Waals surface area contributed by atoms with Gasteiger partial charge in [0.05, 0.1) is 24.4 Å². The predicted molar refractivity (Wildman–Crippen MR) is 178 cm³/mol. The summed E-state index contributed by atoms with van der Waals surface area (Å²) in [4.78, 5) is 24.3. The van der Waals surface area contributed by atoms with Crippen LogP contribution < -0.4 is 0 Å². The van der Waals surface area contributed by atoms with Gasteiger partial charge in [-0.05, 0) is 97.3 Å². The number of hydrogen-bond donors (Lipinski definition) is 0. The fourth-order valence-electron chi connectivity index (χ4n) is 8.37. The minimum atomic E-state index is -3.50. The summed E-state index contributed by atoms with van der Waals surface area (Å²) in [7, 11) is -0.994. The Labute approximate surface area is 275 Å². The number of fused-ring (bicyclic) bond motifs is 1. The van der Waals surface area contributed by atoms with E-state index < -0.39 is 39.6 Å². The molecule has 0 heterocycles. The van der Waals surface area contributed by atoms with Gasteiger partial charge in [0, 0.05) is 12.8 Å². The number of carbonyl (C=O) groups excluding carboxylic acids is 2. The maximum atomic E-state index is 14.1. The standard InChI is InChI=1S/C37H52O8S/c1-24(2)15-20-34(46(40,41)30-13-9-8-10-14-30)26(4)31-18-19-32-27(12-11-21-37(31,32)5)16-17-28-22-29(44-35(38)42-6)23-33(25(28)3)45-36(39)43-7/h8-10,13-14,16-17,24,26,29,31-34H,3,11-12,15,18-23H2,1-2,4-7H3/b27-16+,28-17-/t26-,29+,31+,32-,33-,34?,37+/m0/s1. The Morgan fingerprint density at radius 3 is 2.33 bits per heavy atom. The molecule has 0 aromatic heterocycles. The van der Waals surface area contributed by atoms with Crippen molar-refractivity contribution in [1.29, 1.82) is 0 Å². The minimum absolute atomic E-state index is 0.0130. The third kappa shape index (κ3) is 7.89. The van der Waals surface area contributed by atoms with Gasteiger partial charge in [-0.3, -0.25) is 0 Å². The van der Waals surface area contributed by atoms with Crippen molar-refractivity contribution in [1.82, 2.24) is 0 Å². The van der Waals surface area contributed by atoms with E-state index >= 15 is 0 Å². The Balaban J connectivity index is 1.60. The van der Waals surface area contributed by atoms with Gasteiger partial charge in [-0.2, -0.15) is 0 Å². The molecule has 254 valence electrons. The van der Waals surface area contributed by atoms with Gasteiger partial charge in [0.2, 0.25) is 0 Å². The van der Waals surface area contributed by atoms with Gasteiger partial charge in [-0.15, -0.1) is 0 Å². The zero-order valence-corrected chi connectivity index (χ0v) is 29.1. The lowest BCUT2D eigenvalue weighted by Gasteiger charge is -2.45. The Morgan fingerprint density at radius 1 is 1.00 bits per heavy atom. The van der Waals surface area contributed by atoms with Crippen LogP contribution in [0, 0.1) is 29.1 Å². The van der Waals surface area contributed by atoms with Gasteiger partial charge >= 0.3 is 12.3 Å². The molecule has 0 amide bonds. The lowest BCUT2D eigenvalue weighted by molar-refractivity contribution is -0.00302. The zero-order valence-electron chi connectivity index (χ0n) is 28.3. The predicted octanol–water partition coefficient (Wildman–Crippen LogP) is 8.62. The smallest absolute Gasteiger partial charge is 0.438 e. The second-order valence-electron chi connectivity index (χ2n) is 14.0. The minimum Gasteiger partial charge on any atom is -0.438 e. The van der Waals surface area contributed by atoms with Gasteiger partial charge in [-0.25, -0.2) is 18.0 Å². The van der Waals surface area contributed by atoms with Crippen molar-refractivity contribution >= 4 is 22.1 Å². The molecule has 0 spiro atoms. The number of sulfone groups is 1. The van der Waals surface area contributed by atoms with Crippen LogP contribution in [0.25, 0.3) is 0 Å². The fourth-order valence-corrected chi connectivity index (χ4v) is 10.5. The van der Waals surface area contributed by atoms with Gasteiger partial charge in [0.1, 0.15) is 12.2 Å². The fraction of sp³-hybridized carbons (Fsp3) is 0.622. The van der Waals surface area contributed by atoms with E-state index in [0.29, 0.717) is 35.1 Å². The molecule has 3 fully saturated rings. The van der Waals surface area contributed by atoms with Crippen molar-refractivity contribution in [2.75, 3.05) is 14.2 Å². The SMILES string of the molecule is C=C1/C(=C\C=C2/CCC[C@]3(C)[C@@H]([C@H](C)C(CCC(C)C)S(=O)(=O)c4ccccc4)CC[C@@H]23)C[C@@H](OC(=O)OC)C[C@@H]1OC(=O)OC. The first-order valence-electron chi connectivity index (χ1n) is 16.7. The number of allylic oxidation sites excluding steroid dienone is 3. The van der Waals surface area contributed by atoms with Crippen molar-refractivity contribution < 1.29 is 37.0 Å². The molecule has 0 bridgehead atoms. The van der Waals surface area contributed by atoms with Gasteiger partial charge in [0.25, 0.3) is 0 Å². The molecule has 3 saturated carbocycles. The van der Waals surface area contributed by atoms with Gasteiger partial charge < -0.3 is 18.9 Å². The summed E-state index contributed by atoms with van der Waals surface area (Å²) in [5.74, 6) is 1.07. The molecule has 8 nitrogen and oxygen atoms in total. The number of ether oxygens (including phenoxy) is 4. The van der Waals surface area contributed by atoms with E-state index in [-0.39, 0.29) is 23.7 Å². The Kier molecular flexibility index (Phi) is 11.8. The lowest BCUT2D eigenvalue weighted by Crippen LogP contribution is -2.41. The molecule has 9 heteroatoms. The van der Waals surface area contributed by atoms with Gasteiger partial charge in [-0.1, -0.05) is 70.2 Å². The lowest BCUT2D eigenvalue weighted by atomic mass is 9.60.